The molecular weight excluding hydrogens is 627 g/mol. The van der Waals surface area contributed by atoms with Crippen LogP contribution in [0.3, 0.4) is 0 Å². The number of halogens is 4. The summed E-state index contributed by atoms with van der Waals surface area (Å²) < 4.78 is 48.9. The second-order valence-corrected chi connectivity index (χ2v) is 12.2. The number of carbonyl (C=O) groups excluding carboxylic acids is 1. The molecule has 13 heteroatoms. The first-order valence-corrected chi connectivity index (χ1v) is 14.9. The van der Waals surface area contributed by atoms with Crippen molar-refractivity contribution in [2.75, 3.05) is 23.9 Å². The van der Waals surface area contributed by atoms with Crippen LogP contribution in [0.1, 0.15) is 56.3 Å². The number of rotatable bonds is 11. The zero-order valence-corrected chi connectivity index (χ0v) is 26.3. The van der Waals surface area contributed by atoms with Crippen LogP contribution in [0.5, 0.6) is 11.5 Å². The third-order valence-electron chi connectivity index (χ3n) is 8.12. The molecule has 46 heavy (non-hydrogen) atoms. The Morgan fingerprint density at radius 2 is 1.74 bits per heavy atom. The summed E-state index contributed by atoms with van der Waals surface area (Å²) in [5, 5.41) is 17.2. The van der Waals surface area contributed by atoms with Gasteiger partial charge in [-0.05, 0) is 61.2 Å². The molecular formula is C33H33ClF3N3O6. The van der Waals surface area contributed by atoms with Crippen molar-refractivity contribution in [2.45, 2.75) is 57.5 Å². The van der Waals surface area contributed by atoms with Gasteiger partial charge in [-0.1, -0.05) is 48.8 Å². The van der Waals surface area contributed by atoms with Gasteiger partial charge < -0.3 is 29.6 Å². The molecule has 1 aliphatic carbocycles. The molecule has 1 heterocycles. The lowest BCUT2D eigenvalue weighted by atomic mass is 9.99. The number of ether oxygens (including phenoxy) is 2. The number of alkyl halides is 3. The standard InChI is InChI=1S/C33H33ClF3N3O6/c1-18(2)29(31(42)43)46-39-19(3)21-13-23(15-25(14-21)44-4)38-28(20-5-7-22(34)8-6-20)30(41)40-17-32(11-12-32)26-10-9-24(16-27(26)40)45-33(35,36)37/h5-10,13-16,18,28-29,38H,11-12,17H2,1-4H3,(H,42,43). The highest BCUT2D eigenvalue weighted by atomic mass is 35.5. The Balaban J connectivity index is 1.50. The molecule has 2 atom stereocenters. The van der Waals surface area contributed by atoms with E-state index in [-0.39, 0.29) is 11.3 Å². The maximum Gasteiger partial charge on any atom is 0.573 e. The second kappa shape index (κ2) is 12.7. The number of amides is 1. The van der Waals surface area contributed by atoms with Gasteiger partial charge in [0.2, 0.25) is 6.10 Å². The number of hydrogen-bond acceptors (Lipinski definition) is 7. The van der Waals surface area contributed by atoms with Crippen molar-refractivity contribution in [3.05, 3.63) is 82.4 Å². The zero-order valence-electron chi connectivity index (χ0n) is 25.5. The molecule has 0 bridgehead atoms. The van der Waals surface area contributed by atoms with E-state index in [0.717, 1.165) is 18.4 Å². The number of hydrogen-bond donors (Lipinski definition) is 2. The van der Waals surface area contributed by atoms with Crippen molar-refractivity contribution in [1.82, 2.24) is 0 Å². The molecule has 244 valence electrons. The monoisotopic (exact) mass is 659 g/mol. The summed E-state index contributed by atoms with van der Waals surface area (Å²) in [6, 6.07) is 14.9. The van der Waals surface area contributed by atoms with Gasteiger partial charge in [-0.3, -0.25) is 4.79 Å². The molecule has 1 amide bonds. The van der Waals surface area contributed by atoms with Crippen LogP contribution < -0.4 is 19.7 Å². The fraction of sp³-hybridized carbons (Fsp3) is 0.364. The van der Waals surface area contributed by atoms with Crippen LogP contribution in [0.15, 0.2) is 65.8 Å². The van der Waals surface area contributed by atoms with E-state index in [1.54, 1.807) is 69.3 Å². The van der Waals surface area contributed by atoms with Crippen molar-refractivity contribution in [1.29, 1.82) is 0 Å². The van der Waals surface area contributed by atoms with Gasteiger partial charge in [-0.2, -0.15) is 0 Å². The van der Waals surface area contributed by atoms with Crippen LogP contribution in [0.2, 0.25) is 5.02 Å². The Morgan fingerprint density at radius 1 is 1.04 bits per heavy atom. The summed E-state index contributed by atoms with van der Waals surface area (Å²) >= 11 is 6.15. The molecule has 0 saturated heterocycles. The topological polar surface area (TPSA) is 110 Å². The second-order valence-electron chi connectivity index (χ2n) is 11.8. The number of carboxylic acids is 1. The predicted octanol–water partition coefficient (Wildman–Crippen LogP) is 7.33. The van der Waals surface area contributed by atoms with Crippen LogP contribution in [-0.4, -0.2) is 48.8 Å². The first kappa shape index (κ1) is 32.9. The average molecular weight is 660 g/mol. The van der Waals surface area contributed by atoms with Crippen molar-refractivity contribution < 1.29 is 42.2 Å². The van der Waals surface area contributed by atoms with Gasteiger partial charge in [0.1, 0.15) is 17.5 Å². The highest BCUT2D eigenvalue weighted by Gasteiger charge is 2.54. The van der Waals surface area contributed by atoms with E-state index in [9.17, 15) is 27.9 Å². The van der Waals surface area contributed by atoms with Gasteiger partial charge in [-0.25, -0.2) is 4.79 Å². The van der Waals surface area contributed by atoms with Gasteiger partial charge in [0.15, 0.2) is 0 Å². The molecule has 3 aromatic rings. The molecule has 0 radical (unpaired) electrons. The summed E-state index contributed by atoms with van der Waals surface area (Å²) in [6.07, 6.45) is -4.42. The summed E-state index contributed by atoms with van der Waals surface area (Å²) in [4.78, 5) is 32.8. The maximum absolute atomic E-state index is 14.4. The van der Waals surface area contributed by atoms with Gasteiger partial charge in [0.05, 0.1) is 18.5 Å². The van der Waals surface area contributed by atoms with E-state index in [1.165, 1.54) is 24.1 Å². The average Bonchev–Trinajstić information content (AvgIpc) is 3.70. The number of oxime groups is 1. The van der Waals surface area contributed by atoms with E-state index in [2.05, 4.69) is 15.2 Å². The molecule has 9 nitrogen and oxygen atoms in total. The summed E-state index contributed by atoms with van der Waals surface area (Å²) in [7, 11) is 1.48. The van der Waals surface area contributed by atoms with Crippen LogP contribution in [-0.2, 0) is 19.8 Å². The summed E-state index contributed by atoms with van der Waals surface area (Å²) in [5.41, 5.74) is 2.79. The quantitative estimate of drug-likeness (QED) is 0.164. The van der Waals surface area contributed by atoms with Crippen LogP contribution in [0.4, 0.5) is 24.5 Å². The number of carbonyl (C=O) groups is 2. The number of fused-ring (bicyclic) bond motifs is 2. The molecule has 3 aromatic carbocycles. The predicted molar refractivity (Wildman–Crippen MR) is 167 cm³/mol. The third-order valence-corrected chi connectivity index (χ3v) is 8.37. The minimum atomic E-state index is -4.88. The Kier molecular flexibility index (Phi) is 9.12. The van der Waals surface area contributed by atoms with Gasteiger partial charge in [-0.15, -0.1) is 13.2 Å². The Hall–Kier alpha value is -4.45. The smallest absolute Gasteiger partial charge is 0.497 e. The lowest BCUT2D eigenvalue weighted by molar-refractivity contribution is -0.274. The van der Waals surface area contributed by atoms with Crippen molar-refractivity contribution in [2.24, 2.45) is 11.1 Å². The molecule has 1 aliphatic heterocycles. The molecule has 2 N–H and O–H groups in total. The lowest BCUT2D eigenvalue weighted by Crippen LogP contribution is -2.38. The van der Waals surface area contributed by atoms with E-state index >= 15 is 0 Å². The number of anilines is 2. The Bertz CT molecular complexity index is 1660. The lowest BCUT2D eigenvalue weighted by Gasteiger charge is -2.27. The molecule has 5 rings (SSSR count). The molecule has 0 aromatic heterocycles. The van der Waals surface area contributed by atoms with Crippen molar-refractivity contribution >= 4 is 40.6 Å². The van der Waals surface area contributed by atoms with E-state index in [1.807, 2.05) is 0 Å². The fourth-order valence-corrected chi connectivity index (χ4v) is 5.67. The molecule has 1 saturated carbocycles. The fourth-order valence-electron chi connectivity index (χ4n) is 5.54. The SMILES string of the molecule is COc1cc(NC(C(=O)N2CC3(CC3)c3ccc(OC(F)(F)F)cc32)c2ccc(Cl)cc2)cc(C(C)=NOC(C(=O)O)C(C)C)c1. The highest BCUT2D eigenvalue weighted by molar-refractivity contribution is 6.30. The van der Waals surface area contributed by atoms with Crippen LogP contribution >= 0.6 is 11.6 Å². The van der Waals surface area contributed by atoms with Crippen molar-refractivity contribution in [3.63, 3.8) is 0 Å². The Labute approximate surface area is 268 Å². The van der Waals surface area contributed by atoms with Crippen molar-refractivity contribution in [3.8, 4) is 11.5 Å². The van der Waals surface area contributed by atoms with Gasteiger partial charge in [0.25, 0.3) is 5.91 Å². The third kappa shape index (κ3) is 7.17. The number of carboxylic acid groups (broad SMARTS) is 1. The van der Waals surface area contributed by atoms with E-state index in [0.29, 0.717) is 45.5 Å². The van der Waals surface area contributed by atoms with E-state index < -0.39 is 36.1 Å². The minimum absolute atomic E-state index is 0.313. The maximum atomic E-state index is 14.4. The van der Waals surface area contributed by atoms with Gasteiger partial charge >= 0.3 is 12.3 Å². The number of nitrogens with zero attached hydrogens (tertiary/aromatic N) is 2. The van der Waals surface area contributed by atoms with Crippen LogP contribution in [0, 0.1) is 5.92 Å². The van der Waals surface area contributed by atoms with Crippen LogP contribution in [0.25, 0.3) is 0 Å². The molecule has 2 aliphatic rings. The normalized spacial score (nSPS) is 16.5. The minimum Gasteiger partial charge on any atom is -0.497 e. The largest absolute Gasteiger partial charge is 0.573 e. The number of methoxy groups -OCH3 is 1. The first-order chi connectivity index (χ1) is 21.7. The molecule has 2 unspecified atom stereocenters. The number of nitrogens with one attached hydrogen (secondary N) is 1. The molecule has 1 spiro atoms. The molecule has 1 fully saturated rings. The summed E-state index contributed by atoms with van der Waals surface area (Å²) in [6.45, 7) is 5.38. The van der Waals surface area contributed by atoms with Gasteiger partial charge in [0, 0.05) is 46.3 Å². The van der Waals surface area contributed by atoms with E-state index in [4.69, 9.17) is 21.2 Å². The Morgan fingerprint density at radius 3 is 2.33 bits per heavy atom. The zero-order chi connectivity index (χ0) is 33.4. The summed E-state index contributed by atoms with van der Waals surface area (Å²) in [5.74, 6) is -1.85. The number of benzene rings is 3. The number of aliphatic carboxylic acids is 1. The highest BCUT2D eigenvalue weighted by Crippen LogP contribution is 2.57. The first-order valence-electron chi connectivity index (χ1n) is 14.6.